The van der Waals surface area contributed by atoms with Crippen LogP contribution >= 0.6 is 33.2 Å². The van der Waals surface area contributed by atoms with Crippen molar-refractivity contribution in [1.82, 2.24) is 0 Å². The first-order chi connectivity index (χ1) is 7.83. The fourth-order valence-corrected chi connectivity index (χ4v) is 1.73. The Morgan fingerprint density at radius 2 is 1.19 bits per heavy atom. The topological polar surface area (TPSA) is 0 Å². The molecule has 0 heterocycles. The summed E-state index contributed by atoms with van der Waals surface area (Å²) in [5.41, 5.74) is 0. The number of rotatable bonds is 6. The number of hydrogen-bond donors (Lipinski definition) is 0. The van der Waals surface area contributed by atoms with Gasteiger partial charge in [-0.25, -0.2) is 0 Å². The first kappa shape index (κ1) is 27.1. The van der Waals surface area contributed by atoms with Crippen molar-refractivity contribution >= 4 is 99.2 Å². The molecule has 0 aromatic heterocycles. The zero-order valence-electron chi connectivity index (χ0n) is 9.99. The van der Waals surface area contributed by atoms with E-state index in [1.54, 1.807) is 27.7 Å². The van der Waals surface area contributed by atoms with Crippen LogP contribution in [-0.2, 0) is 22.4 Å². The Morgan fingerprint density at radius 1 is 0.938 bits per heavy atom. The Balaban J connectivity index is -0.0000000761. The van der Waals surface area contributed by atoms with Gasteiger partial charge in [-0.2, -0.15) is 0 Å². The quantitative estimate of drug-likeness (QED) is 0.240. The molecule has 0 rings (SSSR count). The third-order valence-corrected chi connectivity index (χ3v) is 3.01. The van der Waals surface area contributed by atoms with E-state index in [4.69, 9.17) is 11.6 Å². The zero-order valence-corrected chi connectivity index (χ0v) is 18.0. The van der Waals surface area contributed by atoms with E-state index < -0.39 is 0 Å². The SMILES string of the molecule is C=CCCl.C=CCSSCC=C.S=S.[Na][Na]. The summed E-state index contributed by atoms with van der Waals surface area (Å²) >= 11 is 15.3. The molecule has 16 heavy (non-hydrogen) atoms. The number of alkyl halides is 1. The van der Waals surface area contributed by atoms with Crippen LogP contribution in [0.2, 0.25) is 0 Å². The van der Waals surface area contributed by atoms with Gasteiger partial charge in [0.15, 0.2) is 0 Å². The summed E-state index contributed by atoms with van der Waals surface area (Å²) in [6.45, 7) is 10.5. The fourth-order valence-electron chi connectivity index (χ4n) is 0.192. The molecule has 0 radical (unpaired) electrons. The van der Waals surface area contributed by atoms with Gasteiger partial charge < -0.3 is 0 Å². The van der Waals surface area contributed by atoms with Crippen molar-refractivity contribution in [2.75, 3.05) is 17.4 Å². The molecule has 0 unspecified atom stereocenters. The van der Waals surface area contributed by atoms with Gasteiger partial charge in [0, 0.05) is 39.8 Å². The second-order valence-corrected chi connectivity index (χ2v) is 4.45. The van der Waals surface area contributed by atoms with Crippen LogP contribution in [0.1, 0.15) is 0 Å². The van der Waals surface area contributed by atoms with Crippen LogP contribution in [0.15, 0.2) is 38.0 Å². The number of allylic oxidation sites excluding steroid dienone is 1. The van der Waals surface area contributed by atoms with Crippen molar-refractivity contribution in [3.05, 3.63) is 38.0 Å². The summed E-state index contributed by atoms with van der Waals surface area (Å²) in [6, 6.07) is 0. The Kier molecular flexibility index (Phi) is 73.0. The van der Waals surface area contributed by atoms with Crippen LogP contribution in [0, 0.1) is 0 Å². The Morgan fingerprint density at radius 3 is 1.31 bits per heavy atom. The van der Waals surface area contributed by atoms with E-state index in [0.29, 0.717) is 5.88 Å². The van der Waals surface area contributed by atoms with Crippen LogP contribution in [0.5, 0.6) is 0 Å². The molecule has 0 aliphatic carbocycles. The number of hydrogen-bond acceptors (Lipinski definition) is 4. The van der Waals surface area contributed by atoms with E-state index in [9.17, 15) is 0 Å². The van der Waals surface area contributed by atoms with Gasteiger partial charge in [-0.1, -0.05) is 39.8 Å². The Labute approximate surface area is 152 Å². The first-order valence-corrected chi connectivity index (χ1v) is 17.0. The third-order valence-electron chi connectivity index (χ3n) is 0.564. The van der Waals surface area contributed by atoms with Gasteiger partial charge in [0.1, 0.15) is 0 Å². The van der Waals surface area contributed by atoms with Crippen molar-refractivity contribution < 1.29 is 0 Å². The van der Waals surface area contributed by atoms with Crippen molar-refractivity contribution in [3.8, 4) is 0 Å². The minimum atomic E-state index is 0.556. The molecule has 0 saturated heterocycles. The fraction of sp³-hybridized carbons (Fsp3) is 0.333. The molecule has 0 aliphatic rings. The average molecular weight is 333 g/mol. The predicted octanol–water partition coefficient (Wildman–Crippen LogP) is 3.38. The maximum atomic E-state index is 5.07. The van der Waals surface area contributed by atoms with Gasteiger partial charge in [-0.05, 0) is 0 Å². The zero-order chi connectivity index (χ0) is 13.7. The van der Waals surface area contributed by atoms with Gasteiger partial charge >= 0.3 is 43.6 Å². The molecule has 7 heteroatoms. The van der Waals surface area contributed by atoms with Crippen molar-refractivity contribution in [1.29, 1.82) is 0 Å². The molecule has 0 amide bonds. The Hall–Kier alpha value is 2.65. The van der Waals surface area contributed by atoms with Crippen LogP contribution in [0.4, 0.5) is 0 Å². The Bertz CT molecular complexity index is 127. The molecule has 0 aliphatic heterocycles. The minimum absolute atomic E-state index is 0.556. The third kappa shape index (κ3) is 54.5. The average Bonchev–Trinajstić information content (AvgIpc) is 2.40. The maximum absolute atomic E-state index is 5.07. The summed E-state index contributed by atoms with van der Waals surface area (Å²) in [5, 5.41) is 0. The van der Waals surface area contributed by atoms with E-state index in [1.165, 1.54) is 43.6 Å². The molecular formula is C9H15ClNa2S4. The standard InChI is InChI=1S/C6H10S2.C3H5Cl.2Na.S2/c1-3-5-7-8-6-4-2;1-2-3-4;;;1-2/h3-4H,1-2,5-6H2;2H,1,3H2;;;. The second kappa shape index (κ2) is 43.1. The molecule has 0 saturated carbocycles. The van der Waals surface area contributed by atoms with Crippen LogP contribution in [0.3, 0.4) is 0 Å². The molecule has 0 nitrogen and oxygen atoms in total. The molecule has 0 aromatic rings. The predicted molar refractivity (Wildman–Crippen MR) is 92.5 cm³/mol. The van der Waals surface area contributed by atoms with Crippen molar-refractivity contribution in [2.24, 2.45) is 0 Å². The van der Waals surface area contributed by atoms with Crippen LogP contribution in [-0.4, -0.2) is 61.0 Å². The van der Waals surface area contributed by atoms with E-state index >= 15 is 0 Å². The van der Waals surface area contributed by atoms with Gasteiger partial charge in [0.25, 0.3) is 0 Å². The van der Waals surface area contributed by atoms with Gasteiger partial charge in [0.2, 0.25) is 0 Å². The van der Waals surface area contributed by atoms with Gasteiger partial charge in [-0.3, -0.25) is 0 Å². The van der Waals surface area contributed by atoms with E-state index in [1.807, 2.05) is 12.2 Å². The van der Waals surface area contributed by atoms with Gasteiger partial charge in [-0.15, -0.1) is 31.3 Å². The van der Waals surface area contributed by atoms with E-state index in [2.05, 4.69) is 42.1 Å². The monoisotopic (exact) mass is 332 g/mol. The molecule has 0 atom stereocenters. The summed E-state index contributed by atoms with van der Waals surface area (Å²) in [6.07, 6.45) is 5.45. The summed E-state index contributed by atoms with van der Waals surface area (Å²) in [4.78, 5) is 0. The van der Waals surface area contributed by atoms with Crippen LogP contribution < -0.4 is 0 Å². The molecule has 0 bridgehead atoms. The van der Waals surface area contributed by atoms with E-state index in [-0.39, 0.29) is 0 Å². The molecule has 0 aromatic carbocycles. The summed E-state index contributed by atoms with van der Waals surface area (Å²) < 4.78 is 0. The summed E-state index contributed by atoms with van der Waals surface area (Å²) in [5.74, 6) is 2.61. The molecule has 0 fully saturated rings. The summed E-state index contributed by atoms with van der Waals surface area (Å²) in [7, 11) is 3.61. The molecule has 0 N–H and O–H groups in total. The first-order valence-electron chi connectivity index (χ1n) is 4.63. The molecule has 0 spiro atoms. The van der Waals surface area contributed by atoms with Gasteiger partial charge in [0.05, 0.1) is 0 Å². The molecule has 84 valence electrons. The van der Waals surface area contributed by atoms with E-state index in [0.717, 1.165) is 11.5 Å². The number of halogens is 1. The second-order valence-electron chi connectivity index (χ2n) is 1.59. The van der Waals surface area contributed by atoms with Crippen molar-refractivity contribution in [3.63, 3.8) is 0 Å². The molecular weight excluding hydrogens is 318 g/mol. The van der Waals surface area contributed by atoms with Crippen molar-refractivity contribution in [2.45, 2.75) is 0 Å². The van der Waals surface area contributed by atoms with Crippen LogP contribution in [0.25, 0.3) is 0 Å². The normalized spacial score (nSPS) is 6.56.